The molecule has 0 fully saturated rings. The molecular weight excluding hydrogens is 267 g/mol. The maximum absolute atomic E-state index is 13.7. The van der Waals surface area contributed by atoms with Crippen LogP contribution in [0.2, 0.25) is 0 Å². The highest BCUT2D eigenvalue weighted by atomic mass is 19.1. The minimum absolute atomic E-state index is 0.319. The molecule has 5 heteroatoms. The van der Waals surface area contributed by atoms with E-state index in [-0.39, 0.29) is 5.82 Å². The van der Waals surface area contributed by atoms with Crippen molar-refractivity contribution in [3.8, 4) is 0 Å². The zero-order chi connectivity index (χ0) is 14.8. The number of benzene rings is 2. The summed E-state index contributed by atoms with van der Waals surface area (Å²) in [5, 5.41) is 3.87. The van der Waals surface area contributed by atoms with Gasteiger partial charge in [-0.2, -0.15) is 0 Å². The van der Waals surface area contributed by atoms with E-state index >= 15 is 0 Å². The van der Waals surface area contributed by atoms with E-state index in [2.05, 4.69) is 15.3 Å². The van der Waals surface area contributed by atoms with Crippen molar-refractivity contribution in [2.75, 3.05) is 24.3 Å². The fourth-order valence-corrected chi connectivity index (χ4v) is 2.13. The first-order chi connectivity index (χ1) is 10.1. The summed E-state index contributed by atoms with van der Waals surface area (Å²) in [7, 11) is 3.98. The number of para-hydroxylation sites is 1. The first-order valence-corrected chi connectivity index (χ1v) is 6.59. The monoisotopic (exact) mass is 282 g/mol. The van der Waals surface area contributed by atoms with Gasteiger partial charge in [0.1, 0.15) is 23.5 Å². The van der Waals surface area contributed by atoms with Crippen molar-refractivity contribution < 1.29 is 4.39 Å². The van der Waals surface area contributed by atoms with Gasteiger partial charge in [0.25, 0.3) is 0 Å². The molecule has 0 spiro atoms. The summed E-state index contributed by atoms with van der Waals surface area (Å²) in [5.74, 6) is 0.248. The molecule has 0 amide bonds. The molecule has 1 aromatic heterocycles. The van der Waals surface area contributed by atoms with Gasteiger partial charge in [0, 0.05) is 30.9 Å². The highest BCUT2D eigenvalue weighted by Crippen LogP contribution is 2.25. The van der Waals surface area contributed by atoms with Crippen LogP contribution in [0.3, 0.4) is 0 Å². The lowest BCUT2D eigenvalue weighted by atomic mass is 10.2. The molecular formula is C16H15FN4. The Morgan fingerprint density at radius 3 is 2.48 bits per heavy atom. The van der Waals surface area contributed by atoms with Crippen molar-refractivity contribution in [2.45, 2.75) is 0 Å². The van der Waals surface area contributed by atoms with Crippen molar-refractivity contribution in [3.05, 3.63) is 54.6 Å². The summed E-state index contributed by atoms with van der Waals surface area (Å²) >= 11 is 0. The minimum Gasteiger partial charge on any atom is -0.378 e. The quantitative estimate of drug-likeness (QED) is 0.797. The molecule has 0 saturated carbocycles. The average Bonchev–Trinajstić information content (AvgIpc) is 2.49. The van der Waals surface area contributed by atoms with Gasteiger partial charge in [0.05, 0.1) is 0 Å². The Bertz CT molecular complexity index is 769. The number of aromatic nitrogens is 2. The van der Waals surface area contributed by atoms with E-state index in [0.29, 0.717) is 16.7 Å². The van der Waals surface area contributed by atoms with E-state index in [4.69, 9.17) is 0 Å². The molecule has 0 aliphatic heterocycles. The Morgan fingerprint density at radius 2 is 1.76 bits per heavy atom. The summed E-state index contributed by atoms with van der Waals surface area (Å²) in [5.41, 5.74) is 2.32. The number of nitrogens with zero attached hydrogens (tertiary/aromatic N) is 3. The molecule has 106 valence electrons. The third-order valence-electron chi connectivity index (χ3n) is 3.26. The molecule has 0 bridgehead atoms. The molecule has 0 atom stereocenters. The van der Waals surface area contributed by atoms with Crippen LogP contribution in [-0.4, -0.2) is 24.1 Å². The molecule has 21 heavy (non-hydrogen) atoms. The SMILES string of the molecule is CN(C)c1ccc(Nc2ncnc3c(F)cccc23)cc1. The molecule has 0 radical (unpaired) electrons. The lowest BCUT2D eigenvalue weighted by Crippen LogP contribution is -2.08. The molecule has 0 aliphatic carbocycles. The van der Waals surface area contributed by atoms with Gasteiger partial charge in [-0.25, -0.2) is 14.4 Å². The van der Waals surface area contributed by atoms with Crippen LogP contribution < -0.4 is 10.2 Å². The fraction of sp³-hybridized carbons (Fsp3) is 0.125. The van der Waals surface area contributed by atoms with E-state index in [0.717, 1.165) is 11.4 Å². The average molecular weight is 282 g/mol. The van der Waals surface area contributed by atoms with E-state index in [1.807, 2.05) is 43.3 Å². The first-order valence-electron chi connectivity index (χ1n) is 6.59. The van der Waals surface area contributed by atoms with Gasteiger partial charge in [-0.05, 0) is 36.4 Å². The number of hydrogen-bond acceptors (Lipinski definition) is 4. The molecule has 3 aromatic rings. The topological polar surface area (TPSA) is 41.0 Å². The molecule has 4 nitrogen and oxygen atoms in total. The van der Waals surface area contributed by atoms with Gasteiger partial charge in [-0.1, -0.05) is 6.07 Å². The number of nitrogens with one attached hydrogen (secondary N) is 1. The van der Waals surface area contributed by atoms with Crippen LogP contribution in [-0.2, 0) is 0 Å². The number of rotatable bonds is 3. The second kappa shape index (κ2) is 5.36. The standard InChI is InChI=1S/C16H15FN4/c1-21(2)12-8-6-11(7-9-12)20-16-13-4-3-5-14(17)15(13)18-10-19-16/h3-10H,1-2H3,(H,18,19,20). The minimum atomic E-state index is -0.346. The zero-order valence-corrected chi connectivity index (χ0v) is 11.8. The summed E-state index contributed by atoms with van der Waals surface area (Å²) in [4.78, 5) is 10.2. The summed E-state index contributed by atoms with van der Waals surface area (Å²) in [6.45, 7) is 0. The van der Waals surface area contributed by atoms with Crippen molar-refractivity contribution in [1.82, 2.24) is 9.97 Å². The lowest BCUT2D eigenvalue weighted by Gasteiger charge is -2.13. The molecule has 3 rings (SSSR count). The highest BCUT2D eigenvalue weighted by Gasteiger charge is 2.07. The Hall–Kier alpha value is -2.69. The van der Waals surface area contributed by atoms with E-state index in [1.165, 1.54) is 12.4 Å². The Kier molecular flexibility index (Phi) is 3.39. The van der Waals surface area contributed by atoms with Crippen molar-refractivity contribution in [3.63, 3.8) is 0 Å². The number of hydrogen-bond donors (Lipinski definition) is 1. The van der Waals surface area contributed by atoms with Crippen LogP contribution in [0.15, 0.2) is 48.8 Å². The lowest BCUT2D eigenvalue weighted by molar-refractivity contribution is 0.636. The van der Waals surface area contributed by atoms with Crippen molar-refractivity contribution >= 4 is 28.1 Å². The number of fused-ring (bicyclic) bond motifs is 1. The van der Waals surface area contributed by atoms with E-state index < -0.39 is 0 Å². The van der Waals surface area contributed by atoms with E-state index in [9.17, 15) is 4.39 Å². The van der Waals surface area contributed by atoms with Crippen LogP contribution >= 0.6 is 0 Å². The highest BCUT2D eigenvalue weighted by molar-refractivity contribution is 5.90. The van der Waals surface area contributed by atoms with Gasteiger partial charge in [-0.3, -0.25) is 0 Å². The van der Waals surface area contributed by atoms with Gasteiger partial charge in [-0.15, -0.1) is 0 Å². The van der Waals surface area contributed by atoms with Crippen LogP contribution in [0.5, 0.6) is 0 Å². The third kappa shape index (κ3) is 2.63. The van der Waals surface area contributed by atoms with Gasteiger partial charge < -0.3 is 10.2 Å². The van der Waals surface area contributed by atoms with Crippen LogP contribution in [0.1, 0.15) is 0 Å². The second-order valence-corrected chi connectivity index (χ2v) is 4.92. The second-order valence-electron chi connectivity index (χ2n) is 4.92. The molecule has 0 aliphatic rings. The molecule has 1 N–H and O–H groups in total. The van der Waals surface area contributed by atoms with Gasteiger partial charge >= 0.3 is 0 Å². The number of halogens is 1. The summed E-state index contributed by atoms with van der Waals surface area (Å²) in [6.07, 6.45) is 1.36. The fourth-order valence-electron chi connectivity index (χ4n) is 2.13. The Morgan fingerprint density at radius 1 is 1.00 bits per heavy atom. The van der Waals surface area contributed by atoms with Crippen LogP contribution in [0, 0.1) is 5.82 Å². The van der Waals surface area contributed by atoms with Crippen molar-refractivity contribution in [2.24, 2.45) is 0 Å². The first kappa shape index (κ1) is 13.3. The molecule has 2 aromatic carbocycles. The summed E-state index contributed by atoms with van der Waals surface area (Å²) < 4.78 is 13.7. The van der Waals surface area contributed by atoms with Gasteiger partial charge in [0.2, 0.25) is 0 Å². The van der Waals surface area contributed by atoms with Gasteiger partial charge in [0.15, 0.2) is 0 Å². The normalized spacial score (nSPS) is 10.6. The Labute approximate surface area is 122 Å². The van der Waals surface area contributed by atoms with Crippen LogP contribution in [0.4, 0.5) is 21.6 Å². The zero-order valence-electron chi connectivity index (χ0n) is 11.8. The van der Waals surface area contributed by atoms with Crippen LogP contribution in [0.25, 0.3) is 10.9 Å². The maximum Gasteiger partial charge on any atom is 0.149 e. The molecule has 0 saturated heterocycles. The maximum atomic E-state index is 13.7. The largest absolute Gasteiger partial charge is 0.378 e. The Balaban J connectivity index is 1.96. The van der Waals surface area contributed by atoms with Crippen molar-refractivity contribution in [1.29, 1.82) is 0 Å². The third-order valence-corrected chi connectivity index (χ3v) is 3.26. The smallest absolute Gasteiger partial charge is 0.149 e. The number of anilines is 3. The van der Waals surface area contributed by atoms with E-state index in [1.54, 1.807) is 12.1 Å². The summed E-state index contributed by atoms with van der Waals surface area (Å²) in [6, 6.07) is 12.8. The molecule has 1 heterocycles. The molecule has 0 unspecified atom stereocenters. The predicted octanol–water partition coefficient (Wildman–Crippen LogP) is 3.58. The predicted molar refractivity (Wildman–Crippen MR) is 83.5 cm³/mol.